The van der Waals surface area contributed by atoms with Crippen molar-refractivity contribution in [2.45, 2.75) is 200 Å². The Kier molecular flexibility index (Phi) is 46.2. The van der Waals surface area contributed by atoms with Crippen LogP contribution in [0.25, 0.3) is 0 Å². The van der Waals surface area contributed by atoms with Gasteiger partial charge in [0.2, 0.25) is 0 Å². The Bertz CT molecular complexity index is 791. The van der Waals surface area contributed by atoms with Crippen LogP contribution in [0.2, 0.25) is 0 Å². The second-order valence-electron chi connectivity index (χ2n) is 16.8. The SMILES string of the molecule is CCCCCCCCC=CCCCCCCCCOCC(C[N+](C)(C)CCOCCOCCOCCO)OCCCCCCCCC=CCCCCCCCC. The van der Waals surface area contributed by atoms with E-state index in [1.54, 1.807) is 0 Å². The molecule has 56 heavy (non-hydrogen) atoms. The summed E-state index contributed by atoms with van der Waals surface area (Å²) in [5.41, 5.74) is 0. The second kappa shape index (κ2) is 46.9. The molecule has 0 rings (SSSR count). The monoisotopic (exact) mass is 797 g/mol. The Morgan fingerprint density at radius 1 is 0.411 bits per heavy atom. The molecule has 7 nitrogen and oxygen atoms in total. The maximum atomic E-state index is 8.77. The van der Waals surface area contributed by atoms with Gasteiger partial charge in [0, 0.05) is 13.2 Å². The van der Waals surface area contributed by atoms with Crippen LogP contribution in [0.15, 0.2) is 24.3 Å². The van der Waals surface area contributed by atoms with E-state index in [1.807, 2.05) is 0 Å². The molecule has 1 atom stereocenters. The van der Waals surface area contributed by atoms with E-state index >= 15 is 0 Å². The lowest BCUT2D eigenvalue weighted by Crippen LogP contribution is -2.49. The first-order valence-corrected chi connectivity index (χ1v) is 24.2. The fourth-order valence-electron chi connectivity index (χ4n) is 6.98. The predicted molar refractivity (Wildman–Crippen MR) is 241 cm³/mol. The third kappa shape index (κ3) is 45.9. The molecule has 0 aliphatic carbocycles. The van der Waals surface area contributed by atoms with E-state index in [4.69, 9.17) is 28.8 Å². The number of likely N-dealkylation sites (N-methyl/N-ethyl adjacent to an activating group) is 1. The molecule has 1 N–H and O–H groups in total. The average molecular weight is 797 g/mol. The van der Waals surface area contributed by atoms with Crippen molar-refractivity contribution in [3.8, 4) is 0 Å². The number of ether oxygens (including phenoxy) is 5. The molecule has 0 bridgehead atoms. The third-order valence-corrected chi connectivity index (χ3v) is 10.6. The number of hydrogen-bond donors (Lipinski definition) is 1. The Hall–Kier alpha value is -0.800. The van der Waals surface area contributed by atoms with Crippen LogP contribution in [-0.2, 0) is 23.7 Å². The lowest BCUT2D eigenvalue weighted by atomic mass is 10.1. The number of unbranched alkanes of at least 4 members (excludes halogenated alkanes) is 24. The Morgan fingerprint density at radius 2 is 0.786 bits per heavy atom. The van der Waals surface area contributed by atoms with E-state index in [2.05, 4.69) is 52.2 Å². The van der Waals surface area contributed by atoms with Crippen molar-refractivity contribution < 1.29 is 33.3 Å². The first-order chi connectivity index (χ1) is 27.6. The Labute approximate surface area is 349 Å². The standard InChI is InChI=1S/C49H98NO6/c1-5-7-9-11-13-15-17-19-21-23-25-27-29-31-33-35-39-55-48-49(47-50(3,4)37-41-52-43-45-54-46-44-53-42-38-51)56-40-36-34-32-30-28-26-24-22-20-18-16-14-12-10-8-6-2/h19-22,49,51H,5-18,23-48H2,1-4H3/q+1. The summed E-state index contributed by atoms with van der Waals surface area (Å²) in [6.45, 7) is 12.0. The summed E-state index contributed by atoms with van der Waals surface area (Å²) in [6.07, 6.45) is 46.8. The molecule has 0 radical (unpaired) electrons. The molecule has 0 aromatic heterocycles. The van der Waals surface area contributed by atoms with Crippen molar-refractivity contribution >= 4 is 0 Å². The maximum Gasteiger partial charge on any atom is 0.130 e. The maximum absolute atomic E-state index is 8.77. The van der Waals surface area contributed by atoms with Crippen molar-refractivity contribution in [3.63, 3.8) is 0 Å². The highest BCUT2D eigenvalue weighted by Gasteiger charge is 2.23. The number of rotatable bonds is 48. The fraction of sp³-hybridized carbons (Fsp3) is 0.918. The number of aliphatic hydroxyl groups is 1. The van der Waals surface area contributed by atoms with Gasteiger partial charge in [-0.3, -0.25) is 0 Å². The van der Waals surface area contributed by atoms with Crippen molar-refractivity contribution in [1.29, 1.82) is 0 Å². The van der Waals surface area contributed by atoms with Crippen molar-refractivity contribution in [2.75, 3.05) is 93.3 Å². The summed E-state index contributed by atoms with van der Waals surface area (Å²) >= 11 is 0. The zero-order valence-corrected chi connectivity index (χ0v) is 38.1. The average Bonchev–Trinajstić information content (AvgIpc) is 3.19. The zero-order chi connectivity index (χ0) is 40.7. The van der Waals surface area contributed by atoms with Crippen LogP contribution in [0.5, 0.6) is 0 Å². The normalized spacial score (nSPS) is 12.9. The van der Waals surface area contributed by atoms with Gasteiger partial charge >= 0.3 is 0 Å². The van der Waals surface area contributed by atoms with E-state index < -0.39 is 0 Å². The van der Waals surface area contributed by atoms with Gasteiger partial charge in [0.15, 0.2) is 0 Å². The second-order valence-corrected chi connectivity index (χ2v) is 16.8. The molecular formula is C49H98NO6+. The van der Waals surface area contributed by atoms with E-state index in [9.17, 15) is 0 Å². The summed E-state index contributed by atoms with van der Waals surface area (Å²) in [7, 11) is 4.54. The molecule has 0 heterocycles. The molecule has 0 aliphatic heterocycles. The number of aliphatic hydroxyl groups excluding tert-OH is 1. The molecular weight excluding hydrogens is 699 g/mol. The van der Waals surface area contributed by atoms with E-state index in [0.29, 0.717) is 46.2 Å². The number of hydrogen-bond acceptors (Lipinski definition) is 6. The number of allylic oxidation sites excluding steroid dienone is 4. The van der Waals surface area contributed by atoms with Crippen LogP contribution in [0.3, 0.4) is 0 Å². The van der Waals surface area contributed by atoms with Gasteiger partial charge in [-0.15, -0.1) is 0 Å². The smallest absolute Gasteiger partial charge is 0.130 e. The highest BCUT2D eigenvalue weighted by molar-refractivity contribution is 4.82. The highest BCUT2D eigenvalue weighted by atomic mass is 16.5. The van der Waals surface area contributed by atoms with Gasteiger partial charge in [0.25, 0.3) is 0 Å². The minimum Gasteiger partial charge on any atom is -0.394 e. The zero-order valence-electron chi connectivity index (χ0n) is 38.1. The topological polar surface area (TPSA) is 66.4 Å². The van der Waals surface area contributed by atoms with Gasteiger partial charge in [0.05, 0.1) is 67.0 Å². The molecule has 0 spiro atoms. The van der Waals surface area contributed by atoms with Gasteiger partial charge < -0.3 is 33.3 Å². The summed E-state index contributed by atoms with van der Waals surface area (Å²) in [5.74, 6) is 0. The molecule has 7 heteroatoms. The third-order valence-electron chi connectivity index (χ3n) is 10.6. The van der Waals surface area contributed by atoms with Gasteiger partial charge in [-0.25, -0.2) is 0 Å². The Morgan fingerprint density at radius 3 is 1.23 bits per heavy atom. The largest absolute Gasteiger partial charge is 0.394 e. The number of quaternary nitrogens is 1. The first kappa shape index (κ1) is 55.2. The predicted octanol–water partition coefficient (Wildman–Crippen LogP) is 12.6. The van der Waals surface area contributed by atoms with Crippen LogP contribution in [0, 0.1) is 0 Å². The molecule has 0 amide bonds. The fourth-order valence-corrected chi connectivity index (χ4v) is 6.98. The lowest BCUT2D eigenvalue weighted by molar-refractivity contribution is -0.894. The number of nitrogens with zero attached hydrogens (tertiary/aromatic N) is 1. The molecule has 1 unspecified atom stereocenters. The van der Waals surface area contributed by atoms with Gasteiger partial charge in [-0.1, -0.05) is 154 Å². The van der Waals surface area contributed by atoms with Crippen LogP contribution >= 0.6 is 0 Å². The van der Waals surface area contributed by atoms with Gasteiger partial charge in [-0.2, -0.15) is 0 Å². The summed E-state index contributed by atoms with van der Waals surface area (Å²) in [4.78, 5) is 0. The van der Waals surface area contributed by atoms with Crippen molar-refractivity contribution in [2.24, 2.45) is 0 Å². The van der Waals surface area contributed by atoms with Crippen LogP contribution in [-0.4, -0.2) is 109 Å². The van der Waals surface area contributed by atoms with E-state index in [0.717, 1.165) is 43.6 Å². The summed E-state index contributed by atoms with van der Waals surface area (Å²) < 4.78 is 30.2. The minimum atomic E-state index is 0.0467. The van der Waals surface area contributed by atoms with Gasteiger partial charge in [0.1, 0.15) is 19.2 Å². The van der Waals surface area contributed by atoms with E-state index in [-0.39, 0.29) is 12.7 Å². The molecule has 334 valence electrons. The van der Waals surface area contributed by atoms with Crippen molar-refractivity contribution in [3.05, 3.63) is 24.3 Å². The van der Waals surface area contributed by atoms with E-state index in [1.165, 1.54) is 167 Å². The highest BCUT2D eigenvalue weighted by Crippen LogP contribution is 2.13. The minimum absolute atomic E-state index is 0.0467. The Balaban J connectivity index is 4.21. The summed E-state index contributed by atoms with van der Waals surface area (Å²) in [6, 6.07) is 0. The molecule has 0 fully saturated rings. The molecule has 0 aromatic rings. The molecule has 0 saturated carbocycles. The molecule has 0 aliphatic rings. The quantitative estimate of drug-likeness (QED) is 0.0376. The van der Waals surface area contributed by atoms with Crippen LogP contribution < -0.4 is 0 Å². The molecule has 0 saturated heterocycles. The van der Waals surface area contributed by atoms with Gasteiger partial charge in [-0.05, 0) is 64.2 Å². The van der Waals surface area contributed by atoms with Crippen LogP contribution in [0.1, 0.15) is 194 Å². The molecule has 0 aromatic carbocycles. The van der Waals surface area contributed by atoms with Crippen molar-refractivity contribution in [1.82, 2.24) is 0 Å². The van der Waals surface area contributed by atoms with Crippen LogP contribution in [0.4, 0.5) is 0 Å². The summed E-state index contributed by atoms with van der Waals surface area (Å²) in [5, 5.41) is 8.77. The first-order valence-electron chi connectivity index (χ1n) is 24.2. The lowest BCUT2D eigenvalue weighted by Gasteiger charge is -2.33.